The van der Waals surface area contributed by atoms with Gasteiger partial charge in [-0.15, -0.1) is 0 Å². The van der Waals surface area contributed by atoms with Gasteiger partial charge in [-0.05, 0) is 124 Å². The van der Waals surface area contributed by atoms with Gasteiger partial charge in [0.2, 0.25) is 0 Å². The number of hydrogen-bond acceptors (Lipinski definition) is 1. The van der Waals surface area contributed by atoms with Crippen LogP contribution in [0.4, 0.5) is 0 Å². The Morgan fingerprint density at radius 2 is 0.882 bits per heavy atom. The summed E-state index contributed by atoms with van der Waals surface area (Å²) in [7, 11) is 0. The smallest absolute Gasteiger partial charge is 0.136 e. The second-order valence-corrected chi connectivity index (χ2v) is 12.9. The van der Waals surface area contributed by atoms with Crippen LogP contribution in [0.25, 0.3) is 109 Å². The molecule has 51 heavy (non-hydrogen) atoms. The van der Waals surface area contributed by atoms with Gasteiger partial charge in [-0.1, -0.05) is 145 Å². The molecule has 1 heteroatoms. The highest BCUT2D eigenvalue weighted by molar-refractivity contribution is 6.22. The van der Waals surface area contributed by atoms with Crippen molar-refractivity contribution in [2.45, 2.75) is 0 Å². The quantitative estimate of drug-likeness (QED) is 0.173. The fourth-order valence-corrected chi connectivity index (χ4v) is 7.79. The highest BCUT2D eigenvalue weighted by Gasteiger charge is 2.18. The summed E-state index contributed by atoms with van der Waals surface area (Å²) in [6.45, 7) is 0. The van der Waals surface area contributed by atoms with Crippen LogP contribution in [0.2, 0.25) is 0 Å². The van der Waals surface area contributed by atoms with Crippen LogP contribution in [0, 0.1) is 0 Å². The molecule has 0 unspecified atom stereocenters. The molecule has 0 saturated heterocycles. The molecule has 0 aliphatic rings. The van der Waals surface area contributed by atoms with Crippen molar-refractivity contribution in [3.05, 3.63) is 182 Å². The van der Waals surface area contributed by atoms with Crippen LogP contribution in [0.5, 0.6) is 0 Å². The molecular formula is C50H30O. The molecule has 0 aliphatic heterocycles. The summed E-state index contributed by atoms with van der Waals surface area (Å²) in [5, 5.41) is 8.64. The van der Waals surface area contributed by atoms with E-state index in [0.29, 0.717) is 5.56 Å². The maximum atomic E-state index is 9.27. The van der Waals surface area contributed by atoms with Crippen LogP contribution in [0.3, 0.4) is 0 Å². The number of benzene rings is 10. The Labute approximate surface area is 307 Å². The van der Waals surface area contributed by atoms with Gasteiger partial charge in [-0.2, -0.15) is 0 Å². The van der Waals surface area contributed by atoms with Crippen LogP contribution in [-0.2, 0) is 0 Å². The SMILES string of the molecule is [2H]c1c([2H])c(-c2ccc3cc(-c4c5ccccc5c(-c5ccc6ccccc6c5)c5ccccc45)ccc3c2)c2c(oc3c([2H])c4c([2H])c([2H])c([2H])c([2H])c4c([2H])c32)c1[2H]. The van der Waals surface area contributed by atoms with E-state index >= 15 is 0 Å². The monoisotopic (exact) mass is 655 g/mol. The van der Waals surface area contributed by atoms with Crippen LogP contribution in [0.15, 0.2) is 186 Å². The van der Waals surface area contributed by atoms with Crippen molar-refractivity contribution in [3.63, 3.8) is 0 Å². The molecule has 236 valence electrons. The van der Waals surface area contributed by atoms with Crippen molar-refractivity contribution >= 4 is 75.8 Å². The minimum atomic E-state index is -0.529. The van der Waals surface area contributed by atoms with Gasteiger partial charge in [-0.3, -0.25) is 0 Å². The average molecular weight is 656 g/mol. The van der Waals surface area contributed by atoms with E-state index in [9.17, 15) is 1.37 Å². The lowest BCUT2D eigenvalue weighted by atomic mass is 9.85. The number of furan rings is 1. The second-order valence-electron chi connectivity index (χ2n) is 12.9. The fourth-order valence-electron chi connectivity index (χ4n) is 7.79. The van der Waals surface area contributed by atoms with Crippen LogP contribution in [-0.4, -0.2) is 0 Å². The molecule has 1 heterocycles. The summed E-state index contributed by atoms with van der Waals surface area (Å²) in [6, 6.07) is 40.4. The number of hydrogen-bond donors (Lipinski definition) is 0. The maximum absolute atomic E-state index is 9.27. The molecule has 11 rings (SSSR count). The predicted octanol–water partition coefficient (Wildman–Crippen LogP) is 14.4. The summed E-state index contributed by atoms with van der Waals surface area (Å²) in [5.41, 5.74) is 5.03. The Morgan fingerprint density at radius 1 is 0.373 bits per heavy atom. The van der Waals surface area contributed by atoms with E-state index < -0.39 is 24.2 Å². The van der Waals surface area contributed by atoms with Crippen LogP contribution >= 0.6 is 0 Å². The molecule has 10 aromatic carbocycles. The van der Waals surface area contributed by atoms with Crippen molar-refractivity contribution in [2.24, 2.45) is 0 Å². The first-order valence-electron chi connectivity index (χ1n) is 21.4. The van der Waals surface area contributed by atoms with E-state index in [1.807, 2.05) is 24.3 Å². The van der Waals surface area contributed by atoms with Gasteiger partial charge in [0.1, 0.15) is 11.2 Å². The van der Waals surface area contributed by atoms with E-state index in [4.69, 9.17) is 15.4 Å². The average Bonchev–Trinajstić information content (AvgIpc) is 3.68. The summed E-state index contributed by atoms with van der Waals surface area (Å²) < 4.78 is 84.7. The maximum Gasteiger partial charge on any atom is 0.136 e. The van der Waals surface area contributed by atoms with E-state index in [-0.39, 0.29) is 68.5 Å². The molecule has 0 saturated carbocycles. The summed E-state index contributed by atoms with van der Waals surface area (Å²) in [6.07, 6.45) is 0. The van der Waals surface area contributed by atoms with E-state index in [2.05, 4.69) is 103 Å². The molecule has 0 amide bonds. The molecule has 0 atom stereocenters. The summed E-state index contributed by atoms with van der Waals surface area (Å²) in [4.78, 5) is 0. The van der Waals surface area contributed by atoms with Crippen molar-refractivity contribution in [3.8, 4) is 33.4 Å². The molecule has 0 N–H and O–H groups in total. The Bertz CT molecular complexity index is 3660. The Hall–Kier alpha value is -6.70. The Morgan fingerprint density at radius 3 is 1.53 bits per heavy atom. The molecule has 0 bridgehead atoms. The van der Waals surface area contributed by atoms with Crippen molar-refractivity contribution in [2.75, 3.05) is 0 Å². The number of fused-ring (bicyclic) bond motifs is 8. The van der Waals surface area contributed by atoms with Gasteiger partial charge in [0.25, 0.3) is 0 Å². The fraction of sp³-hybridized carbons (Fsp3) is 0. The van der Waals surface area contributed by atoms with Gasteiger partial charge >= 0.3 is 0 Å². The summed E-state index contributed by atoms with van der Waals surface area (Å²) in [5.74, 6) is 0. The molecular weight excluding hydrogens is 617 g/mol. The van der Waals surface area contributed by atoms with E-state index in [1.54, 1.807) is 0 Å². The summed E-state index contributed by atoms with van der Waals surface area (Å²) >= 11 is 0. The zero-order chi connectivity index (χ0) is 41.3. The third-order valence-electron chi connectivity index (χ3n) is 10.1. The number of rotatable bonds is 3. The molecule has 11 aromatic rings. The van der Waals surface area contributed by atoms with Crippen molar-refractivity contribution < 1.29 is 16.8 Å². The second kappa shape index (κ2) is 10.9. The van der Waals surface area contributed by atoms with Gasteiger partial charge in [-0.25, -0.2) is 0 Å². The predicted molar refractivity (Wildman–Crippen MR) is 218 cm³/mol. The molecule has 0 spiro atoms. The van der Waals surface area contributed by atoms with Crippen molar-refractivity contribution in [1.29, 1.82) is 0 Å². The first-order chi connectivity index (χ1) is 29.0. The van der Waals surface area contributed by atoms with Gasteiger partial charge in [0, 0.05) is 10.8 Å². The van der Waals surface area contributed by atoms with Crippen LogP contribution in [0.1, 0.15) is 12.3 Å². The highest BCUT2D eigenvalue weighted by Crippen LogP contribution is 2.45. The first-order valence-corrected chi connectivity index (χ1v) is 16.9. The molecule has 0 fully saturated rings. The zero-order valence-corrected chi connectivity index (χ0v) is 27.0. The lowest BCUT2D eigenvalue weighted by Crippen LogP contribution is -1.91. The molecule has 1 aromatic heterocycles. The third kappa shape index (κ3) is 4.35. The van der Waals surface area contributed by atoms with Gasteiger partial charge < -0.3 is 4.42 Å². The largest absolute Gasteiger partial charge is 0.456 e. The Balaban J connectivity index is 1.13. The topological polar surface area (TPSA) is 13.1 Å². The minimum absolute atomic E-state index is 0.0610. The minimum Gasteiger partial charge on any atom is -0.456 e. The van der Waals surface area contributed by atoms with E-state index in [0.717, 1.165) is 49.0 Å². The molecule has 0 aliphatic carbocycles. The normalized spacial score (nSPS) is 14.4. The third-order valence-corrected chi connectivity index (χ3v) is 10.1. The van der Waals surface area contributed by atoms with E-state index in [1.165, 1.54) is 16.3 Å². The lowest BCUT2D eigenvalue weighted by Gasteiger charge is -2.18. The first kappa shape index (κ1) is 20.7. The zero-order valence-electron chi connectivity index (χ0n) is 36.0. The van der Waals surface area contributed by atoms with Crippen LogP contribution < -0.4 is 0 Å². The van der Waals surface area contributed by atoms with Crippen molar-refractivity contribution in [1.82, 2.24) is 0 Å². The molecule has 0 radical (unpaired) electrons. The Kier molecular flexibility index (Phi) is 4.43. The highest BCUT2D eigenvalue weighted by atomic mass is 16.3. The molecule has 1 nitrogen and oxygen atoms in total. The standard InChI is InChI=1S/C50H30O/c1-2-11-32-27-38(24-20-31(32)10-1)48-41-14-5-7-16-43(41)49(44-17-8-6-15-42(44)48)39-25-22-35-26-37(23-21-36(35)28-39)40-18-9-19-46-50(40)45-29-33-12-3-4-13-34(33)30-47(45)51-46/h1-30H/i3D,4D,9D,12D,13D,18D,19D,29D,30D. The van der Waals surface area contributed by atoms with Gasteiger partial charge in [0.05, 0.1) is 12.3 Å². The lowest BCUT2D eigenvalue weighted by molar-refractivity contribution is 0.669. The van der Waals surface area contributed by atoms with Gasteiger partial charge in [0.15, 0.2) is 0 Å².